The molecule has 1 unspecified atom stereocenters. The van der Waals surface area contributed by atoms with Crippen molar-refractivity contribution in [2.45, 2.75) is 30.7 Å². The molecule has 0 saturated carbocycles. The first-order valence-electron chi connectivity index (χ1n) is 7.21. The van der Waals surface area contributed by atoms with Gasteiger partial charge in [-0.25, -0.2) is 0 Å². The smallest absolute Gasteiger partial charge is 0.231 e. The van der Waals surface area contributed by atoms with Gasteiger partial charge < -0.3 is 5.32 Å². The van der Waals surface area contributed by atoms with Crippen molar-refractivity contribution < 1.29 is 4.79 Å². The van der Waals surface area contributed by atoms with Crippen LogP contribution in [0.1, 0.15) is 36.0 Å². The van der Waals surface area contributed by atoms with Crippen LogP contribution in [-0.4, -0.2) is 29.8 Å². The van der Waals surface area contributed by atoms with Crippen LogP contribution in [0, 0.1) is 0 Å². The van der Waals surface area contributed by atoms with Crippen molar-refractivity contribution >= 4 is 41.0 Å². The van der Waals surface area contributed by atoms with Crippen molar-refractivity contribution in [2.24, 2.45) is 0 Å². The van der Waals surface area contributed by atoms with Crippen LogP contribution >= 0.6 is 24.2 Å². The second-order valence-corrected chi connectivity index (χ2v) is 6.29. The van der Waals surface area contributed by atoms with E-state index in [9.17, 15) is 4.79 Å². The highest BCUT2D eigenvalue weighted by Crippen LogP contribution is 2.43. The maximum absolute atomic E-state index is 12.4. The highest BCUT2D eigenvalue weighted by atomic mass is 35.5. The summed E-state index contributed by atoms with van der Waals surface area (Å²) in [5.41, 5.74) is 2.44. The molecule has 0 radical (unpaired) electrons. The van der Waals surface area contributed by atoms with E-state index in [1.165, 1.54) is 22.4 Å². The first-order valence-corrected chi connectivity index (χ1v) is 8.20. The van der Waals surface area contributed by atoms with Gasteiger partial charge in [0.05, 0.1) is 10.5 Å². The van der Waals surface area contributed by atoms with E-state index in [1.54, 1.807) is 0 Å². The molecule has 5 heteroatoms. The molecule has 2 heterocycles. The monoisotopic (exact) mass is 324 g/mol. The summed E-state index contributed by atoms with van der Waals surface area (Å²) in [5.74, 6) is 1.79. The predicted octanol–water partition coefficient (Wildman–Crippen LogP) is 3.91. The maximum Gasteiger partial charge on any atom is 0.231 e. The molecule has 0 aliphatic carbocycles. The minimum absolute atomic E-state index is 0. The minimum Gasteiger partial charge on any atom is -0.319 e. The second-order valence-electron chi connectivity index (χ2n) is 5.21. The molecule has 0 bridgehead atoms. The zero-order valence-corrected chi connectivity index (χ0v) is 14.0. The molecule has 1 N–H and O–H groups in total. The van der Waals surface area contributed by atoms with Crippen molar-refractivity contribution in [3.05, 3.63) is 29.8 Å². The Bertz CT molecular complexity index is 653. The van der Waals surface area contributed by atoms with E-state index in [4.69, 9.17) is 0 Å². The number of benzene rings is 1. The fourth-order valence-electron chi connectivity index (χ4n) is 3.08. The second kappa shape index (κ2) is 6.86. The number of hydrogen-bond donors (Lipinski definition) is 1. The van der Waals surface area contributed by atoms with Gasteiger partial charge in [-0.1, -0.05) is 25.1 Å². The van der Waals surface area contributed by atoms with Gasteiger partial charge >= 0.3 is 0 Å². The van der Waals surface area contributed by atoms with Crippen LogP contribution < -0.4 is 5.32 Å². The lowest BCUT2D eigenvalue weighted by Gasteiger charge is -2.23. The Kier molecular flexibility index (Phi) is 5.36. The Labute approximate surface area is 135 Å². The average Bonchev–Trinajstić information content (AvgIpc) is 2.82. The molecule has 1 aromatic carbocycles. The Hall–Kier alpha value is -0.970. The van der Waals surface area contributed by atoms with Gasteiger partial charge in [0.1, 0.15) is 0 Å². The molecule has 21 heavy (non-hydrogen) atoms. The van der Waals surface area contributed by atoms with Crippen molar-refractivity contribution in [1.29, 1.82) is 0 Å². The number of thioether (sulfide) groups is 1. The van der Waals surface area contributed by atoms with E-state index < -0.39 is 0 Å². The molecule has 1 aliphatic heterocycles. The zero-order valence-electron chi connectivity index (χ0n) is 12.4. The molecular weight excluding hydrogens is 304 g/mol. The SMILES string of the molecule is CCC(=O)n1c2c(c3ccccc31)C(CNC)CCS2.Cl. The number of rotatable bonds is 3. The lowest BCUT2D eigenvalue weighted by Crippen LogP contribution is -2.21. The third kappa shape index (κ3) is 2.72. The van der Waals surface area contributed by atoms with Gasteiger partial charge in [0.2, 0.25) is 5.91 Å². The molecule has 1 aromatic heterocycles. The summed E-state index contributed by atoms with van der Waals surface area (Å²) in [6, 6.07) is 8.31. The number of carbonyl (C=O) groups excluding carboxylic acids is 1. The summed E-state index contributed by atoms with van der Waals surface area (Å²) in [4.78, 5) is 12.4. The average molecular weight is 325 g/mol. The molecule has 2 aromatic rings. The Morgan fingerprint density at radius 2 is 2.19 bits per heavy atom. The van der Waals surface area contributed by atoms with Gasteiger partial charge in [-0.05, 0) is 25.1 Å². The molecule has 0 saturated heterocycles. The first-order chi connectivity index (χ1) is 9.77. The minimum atomic E-state index is 0. The molecule has 114 valence electrons. The van der Waals surface area contributed by atoms with Gasteiger partial charge in [-0.15, -0.1) is 24.2 Å². The number of nitrogens with zero attached hydrogens (tertiary/aromatic N) is 1. The Morgan fingerprint density at radius 3 is 2.90 bits per heavy atom. The number of halogens is 1. The molecule has 0 fully saturated rings. The number of aromatic nitrogens is 1. The van der Waals surface area contributed by atoms with E-state index in [1.807, 2.05) is 36.4 Å². The van der Waals surface area contributed by atoms with Crippen molar-refractivity contribution in [3.8, 4) is 0 Å². The largest absolute Gasteiger partial charge is 0.319 e. The number of likely N-dealkylation sites (N-methyl/N-ethyl adjacent to an activating group) is 1. The molecule has 0 spiro atoms. The highest BCUT2D eigenvalue weighted by Gasteiger charge is 2.29. The summed E-state index contributed by atoms with van der Waals surface area (Å²) in [5, 5.41) is 5.71. The number of nitrogens with one attached hydrogen (secondary N) is 1. The van der Waals surface area contributed by atoms with Crippen LogP contribution in [0.4, 0.5) is 0 Å². The van der Waals surface area contributed by atoms with Crippen molar-refractivity contribution in [3.63, 3.8) is 0 Å². The molecule has 3 nitrogen and oxygen atoms in total. The topological polar surface area (TPSA) is 34.0 Å². The van der Waals surface area contributed by atoms with E-state index in [2.05, 4.69) is 23.5 Å². The van der Waals surface area contributed by atoms with E-state index in [-0.39, 0.29) is 18.3 Å². The van der Waals surface area contributed by atoms with Gasteiger partial charge in [-0.3, -0.25) is 9.36 Å². The van der Waals surface area contributed by atoms with Crippen LogP contribution in [0.3, 0.4) is 0 Å². The van der Waals surface area contributed by atoms with Crippen LogP contribution in [0.25, 0.3) is 10.9 Å². The number of para-hydroxylation sites is 1. The summed E-state index contributed by atoms with van der Waals surface area (Å²) < 4.78 is 1.94. The third-order valence-corrected chi connectivity index (χ3v) is 5.10. The fraction of sp³-hybridized carbons (Fsp3) is 0.438. The van der Waals surface area contributed by atoms with Gasteiger partial charge in [0.25, 0.3) is 0 Å². The number of hydrogen-bond acceptors (Lipinski definition) is 3. The van der Waals surface area contributed by atoms with Crippen LogP contribution in [-0.2, 0) is 0 Å². The number of fused-ring (bicyclic) bond motifs is 3. The third-order valence-electron chi connectivity index (χ3n) is 3.98. The Balaban J connectivity index is 0.00000161. The summed E-state index contributed by atoms with van der Waals surface area (Å²) >= 11 is 1.83. The lowest BCUT2D eigenvalue weighted by molar-refractivity contribution is 0.0904. The Morgan fingerprint density at radius 1 is 1.43 bits per heavy atom. The molecule has 1 atom stereocenters. The van der Waals surface area contributed by atoms with Gasteiger partial charge in [-0.2, -0.15) is 0 Å². The zero-order chi connectivity index (χ0) is 14.1. The van der Waals surface area contributed by atoms with Crippen LogP contribution in [0.15, 0.2) is 29.3 Å². The van der Waals surface area contributed by atoms with Crippen molar-refractivity contribution in [1.82, 2.24) is 9.88 Å². The van der Waals surface area contributed by atoms with Crippen LogP contribution in [0.2, 0.25) is 0 Å². The van der Waals surface area contributed by atoms with Gasteiger partial charge in [0, 0.05) is 30.0 Å². The first kappa shape index (κ1) is 16.4. The van der Waals surface area contributed by atoms with Crippen molar-refractivity contribution in [2.75, 3.05) is 19.3 Å². The summed E-state index contributed by atoms with van der Waals surface area (Å²) in [6.45, 7) is 2.91. The summed E-state index contributed by atoms with van der Waals surface area (Å²) in [7, 11) is 2.00. The molecule has 3 rings (SSSR count). The maximum atomic E-state index is 12.4. The summed E-state index contributed by atoms with van der Waals surface area (Å²) in [6.07, 6.45) is 1.72. The van der Waals surface area contributed by atoms with E-state index in [0.29, 0.717) is 12.3 Å². The normalized spacial score (nSPS) is 17.3. The number of carbonyl (C=O) groups is 1. The van der Waals surface area contributed by atoms with Gasteiger partial charge in [0.15, 0.2) is 0 Å². The van der Waals surface area contributed by atoms with E-state index >= 15 is 0 Å². The predicted molar refractivity (Wildman–Crippen MR) is 92.1 cm³/mol. The standard InChI is InChI=1S/C16H20N2OS.ClH/c1-3-14(19)18-13-7-5-4-6-12(13)15-11(10-17-2)8-9-20-16(15)18;/h4-7,11,17H,3,8-10H2,1-2H3;1H. The van der Waals surface area contributed by atoms with E-state index in [0.717, 1.165) is 17.8 Å². The molecule has 1 aliphatic rings. The highest BCUT2D eigenvalue weighted by molar-refractivity contribution is 7.99. The lowest BCUT2D eigenvalue weighted by atomic mass is 9.95. The molecule has 0 amide bonds. The fourth-order valence-corrected chi connectivity index (χ4v) is 4.43. The quantitative estimate of drug-likeness (QED) is 0.929. The van der Waals surface area contributed by atoms with Crippen LogP contribution in [0.5, 0.6) is 0 Å². The molecular formula is C16H21ClN2OS.